The number of pyridine rings is 1. The van der Waals surface area contributed by atoms with E-state index in [-0.39, 0.29) is 23.5 Å². The Morgan fingerprint density at radius 1 is 1.00 bits per heavy atom. The second kappa shape index (κ2) is 9.82. The highest BCUT2D eigenvalue weighted by Crippen LogP contribution is 2.31. The molecular formula is C26H17N9O2. The molecule has 0 aliphatic carbocycles. The van der Waals surface area contributed by atoms with Gasteiger partial charge in [0.25, 0.3) is 0 Å². The van der Waals surface area contributed by atoms with Crippen molar-refractivity contribution in [1.82, 2.24) is 24.7 Å². The van der Waals surface area contributed by atoms with E-state index in [2.05, 4.69) is 25.4 Å². The summed E-state index contributed by atoms with van der Waals surface area (Å²) >= 11 is 0. The Morgan fingerprint density at radius 2 is 1.81 bits per heavy atom. The monoisotopic (exact) mass is 487 g/mol. The van der Waals surface area contributed by atoms with Crippen molar-refractivity contribution in [2.75, 3.05) is 11.1 Å². The lowest BCUT2D eigenvalue weighted by Crippen LogP contribution is -2.20. The number of carbonyl (C=O) groups excluding carboxylic acids is 1. The lowest BCUT2D eigenvalue weighted by Gasteiger charge is -2.07. The minimum Gasteiger partial charge on any atom is -0.439 e. The van der Waals surface area contributed by atoms with Crippen LogP contribution in [0.3, 0.4) is 0 Å². The molecule has 0 aliphatic rings. The number of ether oxygens (including phenoxy) is 1. The van der Waals surface area contributed by atoms with Crippen molar-refractivity contribution in [1.29, 1.82) is 10.5 Å². The number of anilines is 2. The summed E-state index contributed by atoms with van der Waals surface area (Å²) in [6.45, 7) is -0.183. The van der Waals surface area contributed by atoms with E-state index in [1.54, 1.807) is 24.4 Å². The van der Waals surface area contributed by atoms with Crippen molar-refractivity contribution in [3.63, 3.8) is 0 Å². The molecule has 1 amide bonds. The van der Waals surface area contributed by atoms with Crippen LogP contribution in [0.4, 0.5) is 11.5 Å². The summed E-state index contributed by atoms with van der Waals surface area (Å²) in [5, 5.41) is 26.1. The van der Waals surface area contributed by atoms with E-state index in [4.69, 9.17) is 15.7 Å². The average Bonchev–Trinajstić information content (AvgIpc) is 3.29. The van der Waals surface area contributed by atoms with Crippen molar-refractivity contribution in [3.8, 4) is 35.0 Å². The van der Waals surface area contributed by atoms with Crippen molar-refractivity contribution in [2.24, 2.45) is 0 Å². The van der Waals surface area contributed by atoms with Crippen LogP contribution in [0.1, 0.15) is 11.1 Å². The lowest BCUT2D eigenvalue weighted by molar-refractivity contribution is -0.116. The second-order valence-corrected chi connectivity index (χ2v) is 7.80. The van der Waals surface area contributed by atoms with Gasteiger partial charge in [0, 0.05) is 23.5 Å². The van der Waals surface area contributed by atoms with Crippen LogP contribution in [0.2, 0.25) is 0 Å². The van der Waals surface area contributed by atoms with Crippen LogP contribution in [0.5, 0.6) is 11.6 Å². The highest BCUT2D eigenvalue weighted by Gasteiger charge is 2.19. The van der Waals surface area contributed by atoms with Gasteiger partial charge in [-0.25, -0.2) is 19.6 Å². The SMILES string of the molecule is N#Cc1ccc(NC(=O)Cn2nc(-c3ccc(Oc4ccccc4)nc3)c3c(N)ncnc32)cc1C#N. The summed E-state index contributed by atoms with van der Waals surface area (Å²) in [7, 11) is 0. The predicted molar refractivity (Wildman–Crippen MR) is 134 cm³/mol. The van der Waals surface area contributed by atoms with Gasteiger partial charge in [0.15, 0.2) is 5.65 Å². The van der Waals surface area contributed by atoms with Gasteiger partial charge in [0.1, 0.15) is 42.3 Å². The number of amides is 1. The number of fused-ring (bicyclic) bond motifs is 1. The zero-order valence-electron chi connectivity index (χ0n) is 19.2. The molecule has 0 saturated heterocycles. The Hall–Kier alpha value is -5.81. The summed E-state index contributed by atoms with van der Waals surface area (Å²) in [6, 6.07) is 21.1. The number of aromatic nitrogens is 5. The molecule has 0 spiro atoms. The third-order valence-corrected chi connectivity index (χ3v) is 5.37. The molecule has 3 aromatic heterocycles. The number of hydrogen-bond acceptors (Lipinski definition) is 9. The number of nitrogen functional groups attached to an aromatic ring is 1. The first-order valence-corrected chi connectivity index (χ1v) is 11.0. The second-order valence-electron chi connectivity index (χ2n) is 7.80. The fourth-order valence-electron chi connectivity index (χ4n) is 3.68. The molecule has 11 nitrogen and oxygen atoms in total. The van der Waals surface area contributed by atoms with Crippen molar-refractivity contribution in [3.05, 3.63) is 84.3 Å². The van der Waals surface area contributed by atoms with Gasteiger partial charge in [-0.1, -0.05) is 18.2 Å². The van der Waals surface area contributed by atoms with Crippen LogP contribution in [0.15, 0.2) is 73.2 Å². The third-order valence-electron chi connectivity index (χ3n) is 5.37. The number of carbonyl (C=O) groups is 1. The number of nitrogens with zero attached hydrogens (tertiary/aromatic N) is 7. The molecule has 0 atom stereocenters. The molecule has 11 heteroatoms. The number of hydrogen-bond donors (Lipinski definition) is 2. The van der Waals surface area contributed by atoms with E-state index in [1.165, 1.54) is 23.1 Å². The fourth-order valence-corrected chi connectivity index (χ4v) is 3.68. The zero-order valence-corrected chi connectivity index (χ0v) is 19.2. The highest BCUT2D eigenvalue weighted by molar-refractivity contribution is 5.99. The van der Waals surface area contributed by atoms with Gasteiger partial charge in [-0.05, 0) is 36.4 Å². The predicted octanol–water partition coefficient (Wildman–Crippen LogP) is 3.64. The highest BCUT2D eigenvalue weighted by atomic mass is 16.5. The summed E-state index contributed by atoms with van der Waals surface area (Å²) in [4.78, 5) is 25.5. The normalized spacial score (nSPS) is 10.4. The Labute approximate surface area is 210 Å². The number of nitriles is 2. The molecule has 0 unspecified atom stereocenters. The zero-order chi connectivity index (χ0) is 25.8. The van der Waals surface area contributed by atoms with E-state index in [1.807, 2.05) is 42.5 Å². The van der Waals surface area contributed by atoms with E-state index < -0.39 is 5.91 Å². The number of benzene rings is 2. The molecule has 0 fully saturated rings. The minimum absolute atomic E-state index is 0.167. The molecule has 5 aromatic rings. The Balaban J connectivity index is 1.42. The van der Waals surface area contributed by atoms with Crippen LogP contribution >= 0.6 is 0 Å². The van der Waals surface area contributed by atoms with Crippen LogP contribution < -0.4 is 15.8 Å². The van der Waals surface area contributed by atoms with Crippen LogP contribution in [-0.2, 0) is 11.3 Å². The standard InChI is InChI=1S/C26H17N9O2/c27-11-16-6-8-19(10-18(16)12-28)33-21(36)14-35-26-23(25(29)31-15-32-26)24(34-35)17-7-9-22(30-13-17)37-20-4-2-1-3-5-20/h1-10,13,15H,14H2,(H,33,36)(H2,29,31,32). The van der Waals surface area contributed by atoms with Crippen LogP contribution in [0, 0.1) is 22.7 Å². The first-order valence-electron chi connectivity index (χ1n) is 11.0. The molecular weight excluding hydrogens is 470 g/mol. The Bertz CT molecular complexity index is 1700. The van der Waals surface area contributed by atoms with Gasteiger partial charge in [0.2, 0.25) is 11.8 Å². The van der Waals surface area contributed by atoms with E-state index in [0.717, 1.165) is 0 Å². The number of nitrogens with two attached hydrogens (primary N) is 1. The first kappa shape index (κ1) is 23.0. The van der Waals surface area contributed by atoms with E-state index >= 15 is 0 Å². The Morgan fingerprint density at radius 3 is 2.54 bits per heavy atom. The maximum atomic E-state index is 12.8. The van der Waals surface area contributed by atoms with E-state index in [0.29, 0.717) is 39.6 Å². The maximum absolute atomic E-state index is 12.8. The largest absolute Gasteiger partial charge is 0.439 e. The first-order chi connectivity index (χ1) is 18.1. The topological polar surface area (TPSA) is 168 Å². The van der Waals surface area contributed by atoms with Crippen molar-refractivity contribution >= 4 is 28.4 Å². The molecule has 0 radical (unpaired) electrons. The summed E-state index contributed by atoms with van der Waals surface area (Å²) in [6.07, 6.45) is 2.89. The lowest BCUT2D eigenvalue weighted by atomic mass is 10.1. The number of nitrogens with one attached hydrogen (secondary N) is 1. The molecule has 0 bridgehead atoms. The smallest absolute Gasteiger partial charge is 0.246 e. The van der Waals surface area contributed by atoms with Gasteiger partial charge in [-0.15, -0.1) is 0 Å². The Kier molecular flexibility index (Phi) is 6.09. The number of para-hydroxylation sites is 1. The molecule has 2 aromatic carbocycles. The molecule has 37 heavy (non-hydrogen) atoms. The van der Waals surface area contributed by atoms with Crippen molar-refractivity contribution < 1.29 is 9.53 Å². The van der Waals surface area contributed by atoms with Gasteiger partial charge >= 0.3 is 0 Å². The minimum atomic E-state index is -0.411. The fraction of sp³-hybridized carbons (Fsp3) is 0.0385. The summed E-state index contributed by atoms with van der Waals surface area (Å²) in [5.41, 5.74) is 8.39. The third kappa shape index (κ3) is 4.73. The molecule has 5 rings (SSSR count). The molecule has 3 heterocycles. The van der Waals surface area contributed by atoms with Gasteiger partial charge < -0.3 is 15.8 Å². The van der Waals surface area contributed by atoms with Crippen LogP contribution in [-0.4, -0.2) is 30.6 Å². The van der Waals surface area contributed by atoms with Crippen molar-refractivity contribution in [2.45, 2.75) is 6.54 Å². The molecule has 0 saturated carbocycles. The van der Waals surface area contributed by atoms with Crippen LogP contribution in [0.25, 0.3) is 22.3 Å². The van der Waals surface area contributed by atoms with Gasteiger partial charge in [-0.3, -0.25) is 4.79 Å². The summed E-state index contributed by atoms with van der Waals surface area (Å²) in [5.74, 6) is 0.861. The summed E-state index contributed by atoms with van der Waals surface area (Å²) < 4.78 is 7.17. The molecule has 3 N–H and O–H groups in total. The average molecular weight is 487 g/mol. The maximum Gasteiger partial charge on any atom is 0.246 e. The van der Waals surface area contributed by atoms with Gasteiger partial charge in [-0.2, -0.15) is 15.6 Å². The number of rotatable bonds is 6. The molecule has 0 aliphatic heterocycles. The van der Waals surface area contributed by atoms with E-state index in [9.17, 15) is 10.1 Å². The molecule has 178 valence electrons. The quantitative estimate of drug-likeness (QED) is 0.363. The van der Waals surface area contributed by atoms with Gasteiger partial charge in [0.05, 0.1) is 16.5 Å².